The SMILES string of the molecule is C[C@H](CCC(=O)NCc1ccccc1)[C@H]1CC[C@H]2[C@@H]3CCC4CC(Oc5ccc(N)cc5N)CC[C@]4(C)[C@H]3CC[C@]12C. The molecule has 228 valence electrons. The molecule has 0 aliphatic heterocycles. The Morgan fingerprint density at radius 2 is 1.71 bits per heavy atom. The zero-order valence-electron chi connectivity index (χ0n) is 26.1. The van der Waals surface area contributed by atoms with Crippen LogP contribution in [0.3, 0.4) is 0 Å². The van der Waals surface area contributed by atoms with Crippen LogP contribution in [0.15, 0.2) is 48.5 Å². The zero-order valence-corrected chi connectivity index (χ0v) is 26.1. The zero-order chi connectivity index (χ0) is 29.5. The van der Waals surface area contributed by atoms with Gasteiger partial charge >= 0.3 is 0 Å². The van der Waals surface area contributed by atoms with E-state index in [-0.39, 0.29) is 12.0 Å². The topological polar surface area (TPSA) is 90.4 Å². The fraction of sp³-hybridized carbons (Fsp3) is 0.649. The Bertz CT molecular complexity index is 1250. The van der Waals surface area contributed by atoms with Gasteiger partial charge in [-0.05, 0) is 134 Å². The van der Waals surface area contributed by atoms with Gasteiger partial charge in [-0.2, -0.15) is 0 Å². The number of rotatable bonds is 8. The van der Waals surface area contributed by atoms with Crippen LogP contribution in [0, 0.1) is 46.3 Å². The summed E-state index contributed by atoms with van der Waals surface area (Å²) in [5.74, 6) is 5.61. The van der Waals surface area contributed by atoms with Crippen molar-refractivity contribution in [2.75, 3.05) is 11.5 Å². The van der Waals surface area contributed by atoms with Crippen molar-refractivity contribution in [3.63, 3.8) is 0 Å². The molecule has 42 heavy (non-hydrogen) atoms. The van der Waals surface area contributed by atoms with E-state index < -0.39 is 0 Å². The number of nitrogen functional groups attached to an aromatic ring is 2. The highest BCUT2D eigenvalue weighted by atomic mass is 16.5. The van der Waals surface area contributed by atoms with Crippen molar-refractivity contribution in [3.8, 4) is 5.75 Å². The predicted molar refractivity (Wildman–Crippen MR) is 172 cm³/mol. The third-order valence-electron chi connectivity index (χ3n) is 12.9. The van der Waals surface area contributed by atoms with Crippen LogP contribution in [-0.4, -0.2) is 12.0 Å². The molecule has 4 fully saturated rings. The molecule has 0 spiro atoms. The van der Waals surface area contributed by atoms with Crippen molar-refractivity contribution < 1.29 is 9.53 Å². The lowest BCUT2D eigenvalue weighted by atomic mass is 9.44. The lowest BCUT2D eigenvalue weighted by Crippen LogP contribution is -2.54. The molecule has 4 aliphatic rings. The first-order valence-corrected chi connectivity index (χ1v) is 16.8. The van der Waals surface area contributed by atoms with Gasteiger partial charge in [0, 0.05) is 18.7 Å². The third-order valence-corrected chi connectivity index (χ3v) is 12.9. The standard InChI is InChI=1S/C37H53N3O2/c1-24(9-16-35(41)40-23-25-7-5-4-6-8-25)30-13-14-31-29-12-10-26-21-28(42-34-15-11-27(38)22-33(34)39)17-19-36(26,2)32(29)18-20-37(30,31)3/h4-8,11,15,22,24,26,28-32H,9-10,12-14,16-21,23,38-39H2,1-3H3,(H,40,41)/t24-,26?,28?,29+,30-,31+,32+,36+,37-/m1/s1. The first kappa shape index (κ1) is 29.4. The van der Waals surface area contributed by atoms with Gasteiger partial charge in [0.1, 0.15) is 5.75 Å². The molecule has 5 heteroatoms. The van der Waals surface area contributed by atoms with Crippen LogP contribution in [0.1, 0.15) is 97.0 Å². The minimum absolute atomic E-state index is 0.194. The van der Waals surface area contributed by atoms with Gasteiger partial charge in [-0.1, -0.05) is 51.1 Å². The lowest BCUT2D eigenvalue weighted by molar-refractivity contribution is -0.127. The first-order valence-electron chi connectivity index (χ1n) is 16.8. The molecule has 1 amide bonds. The van der Waals surface area contributed by atoms with Crippen LogP contribution in [0.25, 0.3) is 0 Å². The van der Waals surface area contributed by atoms with Crippen molar-refractivity contribution in [2.24, 2.45) is 46.3 Å². The summed E-state index contributed by atoms with van der Waals surface area (Å²) in [6.07, 6.45) is 13.6. The van der Waals surface area contributed by atoms with Crippen LogP contribution >= 0.6 is 0 Å². The molecule has 5 N–H and O–H groups in total. The fourth-order valence-corrected chi connectivity index (χ4v) is 10.6. The number of hydrogen-bond acceptors (Lipinski definition) is 4. The minimum atomic E-state index is 0.194. The van der Waals surface area contributed by atoms with Crippen LogP contribution in [0.5, 0.6) is 5.75 Å². The maximum absolute atomic E-state index is 12.7. The highest BCUT2D eigenvalue weighted by Gasteiger charge is 2.60. The highest BCUT2D eigenvalue weighted by Crippen LogP contribution is 2.68. The number of nitrogens with one attached hydrogen (secondary N) is 1. The van der Waals surface area contributed by atoms with Gasteiger partial charge in [0.15, 0.2) is 0 Å². The van der Waals surface area contributed by atoms with E-state index in [1.165, 1.54) is 44.9 Å². The molecule has 0 radical (unpaired) electrons. The molecule has 0 saturated heterocycles. The van der Waals surface area contributed by atoms with Gasteiger partial charge in [-0.3, -0.25) is 4.79 Å². The molecule has 9 atom stereocenters. The van der Waals surface area contributed by atoms with E-state index in [4.69, 9.17) is 16.2 Å². The van der Waals surface area contributed by atoms with E-state index in [2.05, 4.69) is 38.2 Å². The largest absolute Gasteiger partial charge is 0.488 e. The second-order valence-electron chi connectivity index (χ2n) is 15.0. The molecule has 2 aromatic rings. The minimum Gasteiger partial charge on any atom is -0.488 e. The van der Waals surface area contributed by atoms with Gasteiger partial charge < -0.3 is 21.5 Å². The predicted octanol–water partition coefficient (Wildman–Crippen LogP) is 7.99. The van der Waals surface area contributed by atoms with Gasteiger partial charge in [-0.15, -0.1) is 0 Å². The molecule has 0 bridgehead atoms. The molecule has 0 aromatic heterocycles. The van der Waals surface area contributed by atoms with Crippen LogP contribution in [-0.2, 0) is 11.3 Å². The van der Waals surface area contributed by atoms with Gasteiger partial charge in [0.25, 0.3) is 0 Å². The van der Waals surface area contributed by atoms with E-state index in [0.29, 0.717) is 41.1 Å². The van der Waals surface area contributed by atoms with Crippen molar-refractivity contribution >= 4 is 17.3 Å². The molecule has 6 rings (SSSR count). The molecule has 2 unspecified atom stereocenters. The molecule has 4 saturated carbocycles. The first-order chi connectivity index (χ1) is 20.2. The second kappa shape index (κ2) is 11.8. The number of benzene rings is 2. The van der Waals surface area contributed by atoms with E-state index in [0.717, 1.165) is 60.2 Å². The summed E-state index contributed by atoms with van der Waals surface area (Å²) in [5.41, 5.74) is 15.5. The van der Waals surface area contributed by atoms with Gasteiger partial charge in [0.05, 0.1) is 11.8 Å². The van der Waals surface area contributed by atoms with Crippen molar-refractivity contribution in [2.45, 2.75) is 104 Å². The van der Waals surface area contributed by atoms with E-state index >= 15 is 0 Å². The van der Waals surface area contributed by atoms with Crippen LogP contribution < -0.4 is 21.5 Å². The van der Waals surface area contributed by atoms with E-state index in [1.54, 1.807) is 0 Å². The lowest BCUT2D eigenvalue weighted by Gasteiger charge is -2.61. The average Bonchev–Trinajstić information content (AvgIpc) is 3.34. The maximum Gasteiger partial charge on any atom is 0.220 e. The Morgan fingerprint density at radius 3 is 2.50 bits per heavy atom. The molecular formula is C37H53N3O2. The van der Waals surface area contributed by atoms with E-state index in [9.17, 15) is 4.79 Å². The Balaban J connectivity index is 1.04. The summed E-state index contributed by atoms with van der Waals surface area (Å²) in [6, 6.07) is 15.9. The quantitative estimate of drug-likeness (QED) is 0.280. The second-order valence-corrected chi connectivity index (χ2v) is 15.0. The number of fused-ring (bicyclic) bond motifs is 5. The van der Waals surface area contributed by atoms with Crippen LogP contribution in [0.4, 0.5) is 11.4 Å². The molecule has 0 heterocycles. The smallest absolute Gasteiger partial charge is 0.220 e. The number of nitrogens with two attached hydrogens (primary N) is 2. The van der Waals surface area contributed by atoms with Crippen molar-refractivity contribution in [1.29, 1.82) is 0 Å². The normalized spacial score (nSPS) is 36.3. The fourth-order valence-electron chi connectivity index (χ4n) is 10.6. The highest BCUT2D eigenvalue weighted by molar-refractivity contribution is 5.75. The summed E-state index contributed by atoms with van der Waals surface area (Å²) >= 11 is 0. The molecule has 4 aliphatic carbocycles. The Hall–Kier alpha value is -2.69. The number of hydrogen-bond donors (Lipinski definition) is 3. The number of carbonyl (C=O) groups excluding carboxylic acids is 1. The summed E-state index contributed by atoms with van der Waals surface area (Å²) < 4.78 is 6.47. The van der Waals surface area contributed by atoms with Gasteiger partial charge in [0.2, 0.25) is 5.91 Å². The monoisotopic (exact) mass is 571 g/mol. The van der Waals surface area contributed by atoms with Gasteiger partial charge in [-0.25, -0.2) is 0 Å². The number of anilines is 2. The maximum atomic E-state index is 12.7. The Morgan fingerprint density at radius 1 is 0.952 bits per heavy atom. The summed E-state index contributed by atoms with van der Waals surface area (Å²) in [5, 5.41) is 3.14. The summed E-state index contributed by atoms with van der Waals surface area (Å²) in [4.78, 5) is 12.7. The summed E-state index contributed by atoms with van der Waals surface area (Å²) in [6.45, 7) is 8.33. The Labute approximate surface area is 253 Å². The molecular weight excluding hydrogens is 518 g/mol. The molecule has 2 aromatic carbocycles. The van der Waals surface area contributed by atoms with E-state index in [1.807, 2.05) is 36.4 Å². The average molecular weight is 572 g/mol. The number of carbonyl (C=O) groups is 1. The van der Waals surface area contributed by atoms with Crippen LogP contribution in [0.2, 0.25) is 0 Å². The number of ether oxygens (including phenoxy) is 1. The summed E-state index contributed by atoms with van der Waals surface area (Å²) in [7, 11) is 0. The number of amides is 1. The van der Waals surface area contributed by atoms with Crippen molar-refractivity contribution in [1.82, 2.24) is 5.32 Å². The van der Waals surface area contributed by atoms with Crippen molar-refractivity contribution in [3.05, 3.63) is 54.1 Å². The third kappa shape index (κ3) is 5.53. The molecule has 5 nitrogen and oxygen atoms in total. The Kier molecular flexibility index (Phi) is 8.24.